The lowest BCUT2D eigenvalue weighted by Crippen LogP contribution is -2.40. The number of carbonyl (C=O) groups excluding carboxylic acids is 2. The lowest BCUT2D eigenvalue weighted by molar-refractivity contribution is -0.870. The van der Waals surface area contributed by atoms with Gasteiger partial charge < -0.3 is 28.5 Å². The summed E-state index contributed by atoms with van der Waals surface area (Å²) in [7, 11) is 5.93. The zero-order chi connectivity index (χ0) is 52.0. The minimum absolute atomic E-state index is 0.169. The van der Waals surface area contributed by atoms with Gasteiger partial charge in [-0.1, -0.05) is 185 Å². The molecule has 71 heavy (non-hydrogen) atoms. The van der Waals surface area contributed by atoms with Gasteiger partial charge in [-0.05, 0) is 116 Å². The topological polar surface area (TPSA) is 108 Å². The van der Waals surface area contributed by atoms with Crippen LogP contribution in [0.15, 0.2) is 146 Å². The molecule has 398 valence electrons. The lowest BCUT2D eigenvalue weighted by atomic mass is 10.1. The number of likely N-dealkylation sites (N-methyl/N-ethyl adjacent to an activating group) is 1. The first-order valence-corrected chi connectivity index (χ1v) is 27.0. The molecule has 0 aromatic carbocycles. The summed E-state index contributed by atoms with van der Waals surface area (Å²) in [6.07, 6.45) is 72.1. The number of ether oxygens (including phenoxy) is 4. The summed E-state index contributed by atoms with van der Waals surface area (Å²) in [4.78, 5) is 37.3. The fourth-order valence-corrected chi connectivity index (χ4v) is 6.49. The summed E-state index contributed by atoms with van der Waals surface area (Å²) < 4.78 is 22.7. The number of carboxylic acid groups (broad SMARTS) is 1. The number of carbonyl (C=O) groups is 3. The molecule has 0 fully saturated rings. The first-order valence-electron chi connectivity index (χ1n) is 27.0. The van der Waals surface area contributed by atoms with Crippen LogP contribution in [0.25, 0.3) is 0 Å². The molecule has 0 spiro atoms. The van der Waals surface area contributed by atoms with E-state index < -0.39 is 30.3 Å². The number of carboxylic acids is 1. The Morgan fingerprint density at radius 1 is 0.423 bits per heavy atom. The van der Waals surface area contributed by atoms with Crippen molar-refractivity contribution in [3.05, 3.63) is 146 Å². The van der Waals surface area contributed by atoms with Gasteiger partial charge in [-0.2, -0.15) is 0 Å². The third kappa shape index (κ3) is 52.8. The summed E-state index contributed by atoms with van der Waals surface area (Å²) in [5.74, 6) is -2.11. The van der Waals surface area contributed by atoms with Crippen molar-refractivity contribution in [2.24, 2.45) is 0 Å². The maximum absolute atomic E-state index is 12.8. The Kier molecular flexibility index (Phi) is 48.0. The van der Waals surface area contributed by atoms with E-state index >= 15 is 0 Å². The van der Waals surface area contributed by atoms with E-state index in [1.54, 1.807) is 0 Å². The van der Waals surface area contributed by atoms with Gasteiger partial charge in [-0.15, -0.1) is 0 Å². The fourth-order valence-electron chi connectivity index (χ4n) is 6.49. The predicted octanol–water partition coefficient (Wildman–Crippen LogP) is 15.7. The van der Waals surface area contributed by atoms with Gasteiger partial charge in [-0.3, -0.25) is 9.59 Å². The summed E-state index contributed by atoms with van der Waals surface area (Å²) in [5.41, 5.74) is 0. The van der Waals surface area contributed by atoms with Crippen LogP contribution in [0, 0.1) is 0 Å². The van der Waals surface area contributed by atoms with Crippen molar-refractivity contribution in [1.29, 1.82) is 0 Å². The molecule has 2 unspecified atom stereocenters. The monoisotopic (exact) mass is 985 g/mol. The third-order valence-electron chi connectivity index (χ3n) is 10.6. The number of nitrogens with zero attached hydrogens (tertiary/aromatic N) is 1. The zero-order valence-electron chi connectivity index (χ0n) is 45.1. The SMILES string of the molecule is CC/C=C\C/C=C\C/C=C\C/C=C\C/C=C\C/C=C\C/C=C\C/C=C\CCCCCCCCC(=O)OC(COC(=O)CCCC/C=C\C/C=C\C/C=C\C/C=C\CC)COC(OCC[N+](C)(C)C)C(=O)O. The minimum Gasteiger partial charge on any atom is -0.477 e. The van der Waals surface area contributed by atoms with Crippen molar-refractivity contribution >= 4 is 17.9 Å². The Morgan fingerprint density at radius 3 is 1.15 bits per heavy atom. The third-order valence-corrected chi connectivity index (χ3v) is 10.6. The molecule has 0 radical (unpaired) electrons. The maximum atomic E-state index is 12.8. The largest absolute Gasteiger partial charge is 0.477 e. The predicted molar refractivity (Wildman–Crippen MR) is 299 cm³/mol. The molecule has 0 rings (SSSR count). The van der Waals surface area contributed by atoms with E-state index in [4.69, 9.17) is 18.9 Å². The molecule has 0 amide bonds. The van der Waals surface area contributed by atoms with Crippen molar-refractivity contribution in [2.75, 3.05) is 47.5 Å². The van der Waals surface area contributed by atoms with Crippen LogP contribution in [0.2, 0.25) is 0 Å². The van der Waals surface area contributed by atoms with Gasteiger partial charge >= 0.3 is 17.9 Å². The van der Waals surface area contributed by atoms with Crippen LogP contribution in [-0.2, 0) is 33.3 Å². The second-order valence-electron chi connectivity index (χ2n) is 18.4. The Morgan fingerprint density at radius 2 is 0.761 bits per heavy atom. The van der Waals surface area contributed by atoms with Crippen LogP contribution in [0.5, 0.6) is 0 Å². The normalized spacial score (nSPS) is 14.0. The van der Waals surface area contributed by atoms with Gasteiger partial charge in [0.1, 0.15) is 13.2 Å². The standard InChI is InChI=1S/C62H97NO8/c1-6-8-10-12-14-16-18-20-22-23-24-25-26-27-28-29-30-31-32-33-34-35-36-37-39-41-43-45-47-49-51-53-60(65)71-58(57-70-62(61(66)67)68-55-54-63(3,4)5)56-69-59(64)52-50-48-46-44-42-40-38-21-19-17-15-13-11-9-7-2/h8-11,14-17,20-22,24-25,27-28,30-31,33-34,36-38,42,44,58,62H,6-7,12-13,18-19,23,26,29,32,35,39-41,43,45-57H2,1-5H3/p+1/b10-8-,11-9-,16-14-,17-15-,22-20-,25-24-,28-27-,31-30-,34-33-,37-36-,38-21-,44-42-. The van der Waals surface area contributed by atoms with E-state index in [1.807, 2.05) is 21.1 Å². The maximum Gasteiger partial charge on any atom is 0.361 e. The van der Waals surface area contributed by atoms with Crippen LogP contribution in [0.4, 0.5) is 0 Å². The highest BCUT2D eigenvalue weighted by Crippen LogP contribution is 2.12. The van der Waals surface area contributed by atoms with E-state index in [1.165, 1.54) is 0 Å². The number of quaternary nitrogens is 1. The molecule has 2 atom stereocenters. The first kappa shape index (κ1) is 66.2. The van der Waals surface area contributed by atoms with Gasteiger partial charge in [0.25, 0.3) is 6.29 Å². The average Bonchev–Trinajstić information content (AvgIpc) is 3.34. The Balaban J connectivity index is 4.38. The Hall–Kier alpha value is -4.83. The summed E-state index contributed by atoms with van der Waals surface area (Å²) in [5, 5.41) is 9.68. The molecule has 0 aliphatic carbocycles. The molecule has 9 nitrogen and oxygen atoms in total. The van der Waals surface area contributed by atoms with E-state index in [0.29, 0.717) is 23.9 Å². The molecule has 1 N–H and O–H groups in total. The van der Waals surface area contributed by atoms with Crippen LogP contribution in [-0.4, -0.2) is 87.4 Å². The highest BCUT2D eigenvalue weighted by atomic mass is 16.7. The highest BCUT2D eigenvalue weighted by Gasteiger charge is 2.25. The number of hydrogen-bond donors (Lipinski definition) is 1. The second kappa shape index (κ2) is 51.5. The van der Waals surface area contributed by atoms with Crippen molar-refractivity contribution in [3.8, 4) is 0 Å². The van der Waals surface area contributed by atoms with Crippen molar-refractivity contribution in [3.63, 3.8) is 0 Å². The molecule has 0 saturated carbocycles. The Labute approximate surface area is 432 Å². The van der Waals surface area contributed by atoms with E-state index in [2.05, 4.69) is 160 Å². The highest BCUT2D eigenvalue weighted by molar-refractivity contribution is 5.71. The minimum atomic E-state index is -1.53. The van der Waals surface area contributed by atoms with Crippen molar-refractivity contribution in [1.82, 2.24) is 0 Å². The smallest absolute Gasteiger partial charge is 0.361 e. The molecule has 9 heteroatoms. The van der Waals surface area contributed by atoms with Crippen LogP contribution < -0.4 is 0 Å². The second-order valence-corrected chi connectivity index (χ2v) is 18.4. The number of esters is 2. The molecule has 0 bridgehead atoms. The summed E-state index contributed by atoms with van der Waals surface area (Å²) >= 11 is 0. The summed E-state index contributed by atoms with van der Waals surface area (Å²) in [6, 6.07) is 0. The molecule has 0 saturated heterocycles. The molecular formula is C62H98NO8+. The van der Waals surface area contributed by atoms with Gasteiger partial charge in [0.2, 0.25) is 0 Å². The molecule has 0 aliphatic heterocycles. The zero-order valence-corrected chi connectivity index (χ0v) is 45.1. The Bertz CT molecular complexity index is 1670. The number of unbranched alkanes of at least 4 members (excludes halogenated alkanes) is 8. The van der Waals surface area contributed by atoms with Crippen molar-refractivity contribution < 1.29 is 42.9 Å². The van der Waals surface area contributed by atoms with Crippen LogP contribution in [0.3, 0.4) is 0 Å². The fraction of sp³-hybridized carbons (Fsp3) is 0.565. The van der Waals surface area contributed by atoms with Crippen LogP contribution >= 0.6 is 0 Å². The lowest BCUT2D eigenvalue weighted by Gasteiger charge is -2.25. The van der Waals surface area contributed by atoms with E-state index in [9.17, 15) is 19.5 Å². The molecule has 0 aromatic heterocycles. The number of rotatable bonds is 47. The van der Waals surface area contributed by atoms with Gasteiger partial charge in [0.15, 0.2) is 6.10 Å². The van der Waals surface area contributed by atoms with E-state index in [0.717, 1.165) is 128 Å². The quantitative estimate of drug-likeness (QED) is 0.0211. The molecule has 0 heterocycles. The first-order chi connectivity index (χ1) is 34.6. The molecule has 0 aromatic rings. The van der Waals surface area contributed by atoms with Gasteiger partial charge in [0, 0.05) is 12.8 Å². The van der Waals surface area contributed by atoms with E-state index in [-0.39, 0.29) is 32.7 Å². The average molecular weight is 985 g/mol. The van der Waals surface area contributed by atoms with Gasteiger partial charge in [0.05, 0.1) is 34.4 Å². The number of hydrogen-bond acceptors (Lipinski definition) is 7. The van der Waals surface area contributed by atoms with Gasteiger partial charge in [-0.25, -0.2) is 4.79 Å². The van der Waals surface area contributed by atoms with Crippen LogP contribution in [0.1, 0.15) is 168 Å². The number of aliphatic carboxylic acids is 1. The number of allylic oxidation sites excluding steroid dienone is 24. The molecular weight excluding hydrogens is 887 g/mol. The molecule has 0 aliphatic rings. The van der Waals surface area contributed by atoms with Crippen molar-refractivity contribution in [2.45, 2.75) is 180 Å². The summed E-state index contributed by atoms with van der Waals surface area (Å²) in [6.45, 7) is 4.54.